The molecule has 0 saturated carbocycles. The Hall–Kier alpha value is -3.58. The van der Waals surface area contributed by atoms with Gasteiger partial charge in [-0.25, -0.2) is 5.43 Å². The van der Waals surface area contributed by atoms with E-state index >= 15 is 0 Å². The lowest BCUT2D eigenvalue weighted by Crippen LogP contribution is -2.23. The Morgan fingerprint density at radius 3 is 2.34 bits per heavy atom. The molecular formula is C26H18Cl3N3O3. The zero-order valence-corrected chi connectivity index (χ0v) is 20.3. The van der Waals surface area contributed by atoms with E-state index in [2.05, 4.69) is 15.8 Å². The number of rotatable bonds is 6. The second kappa shape index (κ2) is 10.8. The molecule has 0 aliphatic carbocycles. The largest absolute Gasteiger partial charge is 0.506 e. The van der Waals surface area contributed by atoms with E-state index < -0.39 is 5.91 Å². The van der Waals surface area contributed by atoms with Gasteiger partial charge >= 0.3 is 0 Å². The van der Waals surface area contributed by atoms with E-state index in [1.807, 2.05) is 24.3 Å². The zero-order chi connectivity index (χ0) is 24.9. The summed E-state index contributed by atoms with van der Waals surface area (Å²) in [5.74, 6) is -0.835. The molecule has 0 aliphatic rings. The fraction of sp³-hybridized carbons (Fsp3) is 0.0385. The van der Waals surface area contributed by atoms with Gasteiger partial charge in [-0.3, -0.25) is 9.59 Å². The van der Waals surface area contributed by atoms with E-state index in [0.717, 1.165) is 16.3 Å². The number of halogens is 3. The quantitative estimate of drug-likeness (QED) is 0.206. The van der Waals surface area contributed by atoms with Gasteiger partial charge < -0.3 is 10.4 Å². The molecule has 176 valence electrons. The second-order valence-electron chi connectivity index (χ2n) is 7.54. The molecule has 0 saturated heterocycles. The van der Waals surface area contributed by atoms with Gasteiger partial charge in [0.2, 0.25) is 0 Å². The first kappa shape index (κ1) is 24.5. The molecule has 2 amide bonds. The standard InChI is InChI=1S/C26H18Cl3N3O3/c27-21-9-5-15(11-22(21)28)13-30-26(35)20-8-6-17(18-3-1-2-4-19(18)20)14-31-32-25(34)16-7-10-24(33)23(29)12-16/h1-12,14,33H,13H2,(H,30,35)(H,32,34)/b31-14+. The van der Waals surface area contributed by atoms with E-state index in [4.69, 9.17) is 34.8 Å². The number of phenolic OH excluding ortho intramolecular Hbond substituents is 1. The smallest absolute Gasteiger partial charge is 0.271 e. The summed E-state index contributed by atoms with van der Waals surface area (Å²) in [6.45, 7) is 0.292. The van der Waals surface area contributed by atoms with E-state index in [0.29, 0.717) is 27.7 Å². The molecule has 0 atom stereocenters. The minimum absolute atomic E-state index is 0.0700. The summed E-state index contributed by atoms with van der Waals surface area (Å²) in [6.07, 6.45) is 1.50. The van der Waals surface area contributed by atoms with Crippen LogP contribution in [0, 0.1) is 0 Å². The van der Waals surface area contributed by atoms with Gasteiger partial charge in [-0.2, -0.15) is 5.10 Å². The van der Waals surface area contributed by atoms with Crippen LogP contribution in [-0.4, -0.2) is 23.1 Å². The zero-order valence-electron chi connectivity index (χ0n) is 18.1. The predicted molar refractivity (Wildman–Crippen MR) is 140 cm³/mol. The van der Waals surface area contributed by atoms with Crippen LogP contribution in [0.1, 0.15) is 31.8 Å². The van der Waals surface area contributed by atoms with Gasteiger partial charge in [0.15, 0.2) is 0 Å². The molecular weight excluding hydrogens is 509 g/mol. The predicted octanol–water partition coefficient (Wildman–Crippen LogP) is 6.20. The average molecular weight is 527 g/mol. The first-order valence-electron chi connectivity index (χ1n) is 10.4. The van der Waals surface area contributed by atoms with Crippen LogP contribution in [0.2, 0.25) is 15.1 Å². The number of amides is 2. The van der Waals surface area contributed by atoms with Crippen molar-refractivity contribution in [2.45, 2.75) is 6.54 Å². The number of aromatic hydroxyl groups is 1. The fourth-order valence-electron chi connectivity index (χ4n) is 3.43. The lowest BCUT2D eigenvalue weighted by Gasteiger charge is -2.10. The van der Waals surface area contributed by atoms with Crippen LogP contribution >= 0.6 is 34.8 Å². The molecule has 0 heterocycles. The fourth-order valence-corrected chi connectivity index (χ4v) is 3.93. The SMILES string of the molecule is O=C(N/N=C/c1ccc(C(=O)NCc2ccc(Cl)c(Cl)c2)c2ccccc12)c1ccc(O)c(Cl)c1. The maximum atomic E-state index is 12.9. The van der Waals surface area contributed by atoms with Crippen molar-refractivity contribution in [3.8, 4) is 5.75 Å². The third-order valence-corrected chi connectivity index (χ3v) is 6.26. The molecule has 0 aromatic heterocycles. The Bertz CT molecular complexity index is 1470. The molecule has 0 unspecified atom stereocenters. The van der Waals surface area contributed by atoms with Gasteiger partial charge in [0.1, 0.15) is 5.75 Å². The van der Waals surface area contributed by atoms with Gasteiger partial charge in [-0.15, -0.1) is 0 Å². The molecule has 0 spiro atoms. The monoisotopic (exact) mass is 525 g/mol. The lowest BCUT2D eigenvalue weighted by atomic mass is 9.99. The number of hydrazone groups is 1. The number of fused-ring (bicyclic) bond motifs is 1. The minimum atomic E-state index is -0.481. The number of hydrogen-bond donors (Lipinski definition) is 3. The number of benzene rings is 4. The highest BCUT2D eigenvalue weighted by Crippen LogP contribution is 2.25. The van der Waals surface area contributed by atoms with E-state index in [1.165, 1.54) is 24.4 Å². The van der Waals surface area contributed by atoms with Crippen LogP contribution in [0.15, 0.2) is 77.9 Å². The topological polar surface area (TPSA) is 90.8 Å². The van der Waals surface area contributed by atoms with Gasteiger partial charge in [-0.05, 0) is 52.7 Å². The summed E-state index contributed by atoms with van der Waals surface area (Å²) in [5, 5.41) is 18.9. The molecule has 4 aromatic rings. The summed E-state index contributed by atoms with van der Waals surface area (Å²) in [6, 6.07) is 20.2. The molecule has 0 bridgehead atoms. The molecule has 0 fully saturated rings. The van der Waals surface area contributed by atoms with Gasteiger partial charge in [0.25, 0.3) is 11.8 Å². The van der Waals surface area contributed by atoms with Crippen LogP contribution in [-0.2, 0) is 6.54 Å². The molecule has 9 heteroatoms. The number of carbonyl (C=O) groups is 2. The van der Waals surface area contributed by atoms with Crippen LogP contribution < -0.4 is 10.7 Å². The lowest BCUT2D eigenvalue weighted by molar-refractivity contribution is 0.0945. The Labute approximate surface area is 216 Å². The van der Waals surface area contributed by atoms with Crippen LogP contribution in [0.4, 0.5) is 0 Å². The molecule has 0 radical (unpaired) electrons. The van der Waals surface area contributed by atoms with Gasteiger partial charge in [0.05, 0.1) is 21.3 Å². The average Bonchev–Trinajstić information content (AvgIpc) is 2.86. The van der Waals surface area contributed by atoms with Crippen molar-refractivity contribution < 1.29 is 14.7 Å². The molecule has 0 aliphatic heterocycles. The number of nitrogens with one attached hydrogen (secondary N) is 2. The minimum Gasteiger partial charge on any atom is -0.506 e. The molecule has 6 nitrogen and oxygen atoms in total. The van der Waals surface area contributed by atoms with Crippen molar-refractivity contribution in [3.63, 3.8) is 0 Å². The maximum Gasteiger partial charge on any atom is 0.271 e. The van der Waals surface area contributed by atoms with Crippen molar-refractivity contribution in [1.29, 1.82) is 0 Å². The Morgan fingerprint density at radius 2 is 1.60 bits per heavy atom. The van der Waals surface area contributed by atoms with Crippen LogP contribution in [0.3, 0.4) is 0 Å². The molecule has 4 aromatic carbocycles. The highest BCUT2D eigenvalue weighted by Gasteiger charge is 2.12. The van der Waals surface area contributed by atoms with Gasteiger partial charge in [-0.1, -0.05) is 71.2 Å². The van der Waals surface area contributed by atoms with Crippen molar-refractivity contribution in [3.05, 3.63) is 110 Å². The van der Waals surface area contributed by atoms with Crippen LogP contribution in [0.5, 0.6) is 5.75 Å². The number of phenols is 1. The molecule has 4 rings (SSSR count). The molecule has 3 N–H and O–H groups in total. The normalized spacial score (nSPS) is 11.1. The van der Waals surface area contributed by atoms with Crippen molar-refractivity contribution in [1.82, 2.24) is 10.7 Å². The number of nitrogens with zero attached hydrogens (tertiary/aromatic N) is 1. The second-order valence-corrected chi connectivity index (χ2v) is 8.77. The van der Waals surface area contributed by atoms with Crippen molar-refractivity contribution in [2.24, 2.45) is 5.10 Å². The van der Waals surface area contributed by atoms with Crippen LogP contribution in [0.25, 0.3) is 10.8 Å². The van der Waals surface area contributed by atoms with E-state index in [-0.39, 0.29) is 22.2 Å². The van der Waals surface area contributed by atoms with Gasteiger partial charge in [0, 0.05) is 23.2 Å². The Morgan fingerprint density at radius 1 is 0.829 bits per heavy atom. The highest BCUT2D eigenvalue weighted by molar-refractivity contribution is 6.42. The van der Waals surface area contributed by atoms with E-state index in [1.54, 1.807) is 30.3 Å². The summed E-state index contributed by atoms with van der Waals surface area (Å²) >= 11 is 17.9. The van der Waals surface area contributed by atoms with E-state index in [9.17, 15) is 14.7 Å². The highest BCUT2D eigenvalue weighted by atomic mass is 35.5. The number of carbonyl (C=O) groups excluding carboxylic acids is 2. The molecule has 35 heavy (non-hydrogen) atoms. The first-order valence-corrected chi connectivity index (χ1v) is 11.5. The Kier molecular flexibility index (Phi) is 7.56. The number of hydrogen-bond acceptors (Lipinski definition) is 4. The summed E-state index contributed by atoms with van der Waals surface area (Å²) < 4.78 is 0. The summed E-state index contributed by atoms with van der Waals surface area (Å²) in [5.41, 5.74) is 4.73. The summed E-state index contributed by atoms with van der Waals surface area (Å²) in [4.78, 5) is 25.2. The summed E-state index contributed by atoms with van der Waals surface area (Å²) in [7, 11) is 0. The third-order valence-electron chi connectivity index (χ3n) is 5.22. The maximum absolute atomic E-state index is 12.9. The van der Waals surface area contributed by atoms with Crippen molar-refractivity contribution >= 4 is 63.6 Å². The van der Waals surface area contributed by atoms with Crippen molar-refractivity contribution in [2.75, 3.05) is 0 Å². The third kappa shape index (κ3) is 5.74. The Balaban J connectivity index is 1.50. The first-order chi connectivity index (χ1) is 16.8.